The molecule has 20 heavy (non-hydrogen) atoms. The first kappa shape index (κ1) is 15.0. The third-order valence-corrected chi connectivity index (χ3v) is 4.88. The number of nitrogens with one attached hydrogen (secondary N) is 1. The number of nitrogens with zero attached hydrogens (tertiary/aromatic N) is 2. The molecular formula is C14H16BrN3OS. The van der Waals surface area contributed by atoms with E-state index in [2.05, 4.69) is 52.8 Å². The minimum absolute atomic E-state index is 0.159. The van der Waals surface area contributed by atoms with Gasteiger partial charge in [-0.1, -0.05) is 6.08 Å². The maximum absolute atomic E-state index is 12.0. The largest absolute Gasteiger partial charge is 0.378 e. The van der Waals surface area contributed by atoms with Crippen LogP contribution in [0, 0.1) is 13.8 Å². The summed E-state index contributed by atoms with van der Waals surface area (Å²) in [6, 6.07) is 2.16. The molecule has 0 spiro atoms. The molecule has 2 heterocycles. The SMILES string of the molecule is C=CCn1ncc(NCc2cc(C)c(C)s2)c(Br)c1=O. The zero-order chi connectivity index (χ0) is 14.7. The van der Waals surface area contributed by atoms with Crippen molar-refractivity contribution >= 4 is 33.0 Å². The Labute approximate surface area is 130 Å². The van der Waals surface area contributed by atoms with Gasteiger partial charge in [-0.25, -0.2) is 4.68 Å². The van der Waals surface area contributed by atoms with Crippen LogP contribution in [0.3, 0.4) is 0 Å². The Morgan fingerprint density at radius 3 is 2.90 bits per heavy atom. The molecule has 106 valence electrons. The second-order valence-electron chi connectivity index (χ2n) is 4.45. The van der Waals surface area contributed by atoms with Gasteiger partial charge in [0.2, 0.25) is 0 Å². The Balaban J connectivity index is 2.16. The van der Waals surface area contributed by atoms with Crippen LogP contribution in [0.4, 0.5) is 5.69 Å². The number of rotatable bonds is 5. The maximum atomic E-state index is 12.0. The summed E-state index contributed by atoms with van der Waals surface area (Å²) >= 11 is 5.09. The van der Waals surface area contributed by atoms with Crippen LogP contribution in [0.2, 0.25) is 0 Å². The quantitative estimate of drug-likeness (QED) is 0.837. The molecule has 0 saturated heterocycles. The summed E-state index contributed by atoms with van der Waals surface area (Å²) in [6.07, 6.45) is 3.30. The van der Waals surface area contributed by atoms with Crippen LogP contribution in [-0.4, -0.2) is 9.78 Å². The smallest absolute Gasteiger partial charge is 0.283 e. The van der Waals surface area contributed by atoms with Crippen molar-refractivity contribution < 1.29 is 0 Å². The Morgan fingerprint density at radius 1 is 1.55 bits per heavy atom. The molecular weight excluding hydrogens is 338 g/mol. The van der Waals surface area contributed by atoms with Crippen LogP contribution in [-0.2, 0) is 13.1 Å². The van der Waals surface area contributed by atoms with Crippen LogP contribution >= 0.6 is 27.3 Å². The molecule has 0 unspecified atom stereocenters. The third-order valence-electron chi connectivity index (χ3n) is 2.96. The number of halogens is 1. The van der Waals surface area contributed by atoms with E-state index in [0.29, 0.717) is 23.2 Å². The summed E-state index contributed by atoms with van der Waals surface area (Å²) in [5, 5.41) is 7.35. The number of anilines is 1. The first-order valence-electron chi connectivity index (χ1n) is 6.19. The summed E-state index contributed by atoms with van der Waals surface area (Å²) in [6.45, 7) is 8.90. The molecule has 0 fully saturated rings. The number of allylic oxidation sites excluding steroid dienone is 1. The zero-order valence-corrected chi connectivity index (χ0v) is 13.8. The fourth-order valence-corrected chi connectivity index (χ4v) is 3.20. The van der Waals surface area contributed by atoms with Crippen molar-refractivity contribution in [1.29, 1.82) is 0 Å². The van der Waals surface area contributed by atoms with Gasteiger partial charge in [0.15, 0.2) is 0 Å². The summed E-state index contributed by atoms with van der Waals surface area (Å²) < 4.78 is 1.86. The highest BCUT2D eigenvalue weighted by atomic mass is 79.9. The Hall–Kier alpha value is -1.40. The fourth-order valence-electron chi connectivity index (χ4n) is 1.76. The summed E-state index contributed by atoms with van der Waals surface area (Å²) in [4.78, 5) is 14.6. The van der Waals surface area contributed by atoms with Crippen molar-refractivity contribution in [3.05, 3.63) is 55.1 Å². The van der Waals surface area contributed by atoms with Gasteiger partial charge in [-0.3, -0.25) is 4.79 Å². The van der Waals surface area contributed by atoms with Gasteiger partial charge in [-0.15, -0.1) is 17.9 Å². The molecule has 0 aromatic carbocycles. The molecule has 2 rings (SSSR count). The van der Waals surface area contributed by atoms with Gasteiger partial charge < -0.3 is 5.32 Å². The Bertz CT molecular complexity index is 671. The van der Waals surface area contributed by atoms with Crippen molar-refractivity contribution in [3.8, 4) is 0 Å². The lowest BCUT2D eigenvalue weighted by Crippen LogP contribution is -2.23. The van der Waals surface area contributed by atoms with Gasteiger partial charge in [0.25, 0.3) is 5.56 Å². The average Bonchev–Trinajstić information content (AvgIpc) is 2.74. The van der Waals surface area contributed by atoms with Crippen LogP contribution in [0.15, 0.2) is 34.2 Å². The van der Waals surface area contributed by atoms with Gasteiger partial charge in [-0.2, -0.15) is 5.10 Å². The second kappa shape index (κ2) is 6.37. The lowest BCUT2D eigenvalue weighted by atomic mass is 10.3. The second-order valence-corrected chi connectivity index (χ2v) is 6.59. The van der Waals surface area contributed by atoms with Crippen LogP contribution in [0.1, 0.15) is 15.3 Å². The normalized spacial score (nSPS) is 10.6. The van der Waals surface area contributed by atoms with E-state index in [4.69, 9.17) is 0 Å². The molecule has 0 amide bonds. The van der Waals surface area contributed by atoms with Crippen molar-refractivity contribution in [1.82, 2.24) is 9.78 Å². The standard InChI is InChI=1S/C14H16BrN3OS/c1-4-5-18-14(19)13(15)12(8-17-18)16-7-11-6-9(2)10(3)20-11/h4,6,8,16H,1,5,7H2,2-3H3. The molecule has 0 atom stereocenters. The van der Waals surface area contributed by atoms with E-state index in [1.165, 1.54) is 20.0 Å². The summed E-state index contributed by atoms with van der Waals surface area (Å²) in [5.74, 6) is 0. The van der Waals surface area contributed by atoms with E-state index < -0.39 is 0 Å². The molecule has 0 bridgehead atoms. The molecule has 2 aromatic rings. The van der Waals surface area contributed by atoms with Crippen LogP contribution in [0.25, 0.3) is 0 Å². The van der Waals surface area contributed by atoms with Gasteiger partial charge in [0, 0.05) is 16.3 Å². The maximum Gasteiger partial charge on any atom is 0.283 e. The third kappa shape index (κ3) is 3.19. The minimum atomic E-state index is -0.159. The van der Waals surface area contributed by atoms with Crippen molar-refractivity contribution in [2.24, 2.45) is 0 Å². The minimum Gasteiger partial charge on any atom is -0.378 e. The van der Waals surface area contributed by atoms with Crippen LogP contribution in [0.5, 0.6) is 0 Å². The van der Waals surface area contributed by atoms with Gasteiger partial charge in [0.05, 0.1) is 18.4 Å². The molecule has 0 aliphatic rings. The van der Waals surface area contributed by atoms with E-state index in [0.717, 1.165) is 0 Å². The number of thiophene rings is 1. The summed E-state index contributed by atoms with van der Waals surface area (Å²) in [5.41, 5.74) is 1.85. The van der Waals surface area contributed by atoms with E-state index in [-0.39, 0.29) is 5.56 Å². The highest BCUT2D eigenvalue weighted by Crippen LogP contribution is 2.23. The molecule has 4 nitrogen and oxygen atoms in total. The number of hydrogen-bond acceptors (Lipinski definition) is 4. The first-order valence-corrected chi connectivity index (χ1v) is 7.80. The number of hydrogen-bond donors (Lipinski definition) is 1. The molecule has 0 aliphatic carbocycles. The predicted molar refractivity (Wildman–Crippen MR) is 87.5 cm³/mol. The van der Waals surface area contributed by atoms with Crippen molar-refractivity contribution in [2.75, 3.05) is 5.32 Å². The zero-order valence-electron chi connectivity index (χ0n) is 11.4. The Morgan fingerprint density at radius 2 is 2.30 bits per heavy atom. The molecule has 2 aromatic heterocycles. The topological polar surface area (TPSA) is 46.9 Å². The molecule has 0 aliphatic heterocycles. The van der Waals surface area contributed by atoms with Gasteiger partial charge in [-0.05, 0) is 41.4 Å². The monoisotopic (exact) mass is 353 g/mol. The Kier molecular flexibility index (Phi) is 4.77. The predicted octanol–water partition coefficient (Wildman–Crippen LogP) is 3.48. The highest BCUT2D eigenvalue weighted by molar-refractivity contribution is 9.10. The molecule has 6 heteroatoms. The fraction of sp³-hybridized carbons (Fsp3) is 0.286. The van der Waals surface area contributed by atoms with Gasteiger partial charge in [0.1, 0.15) is 4.47 Å². The molecule has 1 N–H and O–H groups in total. The number of aryl methyl sites for hydroxylation is 2. The van der Waals surface area contributed by atoms with E-state index in [1.807, 2.05) is 0 Å². The lowest BCUT2D eigenvalue weighted by Gasteiger charge is -2.08. The van der Waals surface area contributed by atoms with E-state index in [1.54, 1.807) is 23.6 Å². The molecule has 0 saturated carbocycles. The van der Waals surface area contributed by atoms with Gasteiger partial charge >= 0.3 is 0 Å². The van der Waals surface area contributed by atoms with E-state index in [9.17, 15) is 4.79 Å². The highest BCUT2D eigenvalue weighted by Gasteiger charge is 2.08. The number of aromatic nitrogens is 2. The first-order chi connectivity index (χ1) is 9.52. The van der Waals surface area contributed by atoms with Crippen LogP contribution < -0.4 is 10.9 Å². The lowest BCUT2D eigenvalue weighted by molar-refractivity contribution is 0.649. The summed E-state index contributed by atoms with van der Waals surface area (Å²) in [7, 11) is 0. The van der Waals surface area contributed by atoms with E-state index >= 15 is 0 Å². The average molecular weight is 354 g/mol. The molecule has 0 radical (unpaired) electrons. The van der Waals surface area contributed by atoms with Crippen molar-refractivity contribution in [3.63, 3.8) is 0 Å². The van der Waals surface area contributed by atoms with Crippen molar-refractivity contribution in [2.45, 2.75) is 26.9 Å².